The number of piperidine rings is 2. The van der Waals surface area contributed by atoms with Gasteiger partial charge in [-0.25, -0.2) is 0 Å². The molecule has 2 N–H and O–H groups in total. The third-order valence-corrected chi connectivity index (χ3v) is 5.02. The van der Waals surface area contributed by atoms with Crippen molar-refractivity contribution in [3.8, 4) is 0 Å². The van der Waals surface area contributed by atoms with Crippen LogP contribution in [-0.2, 0) is 9.59 Å². The molecule has 6 heteroatoms. The van der Waals surface area contributed by atoms with Gasteiger partial charge in [0.1, 0.15) is 0 Å². The lowest BCUT2D eigenvalue weighted by atomic mass is 9.85. The molecule has 2 amide bonds. The molecule has 0 aliphatic carbocycles. The zero-order valence-corrected chi connectivity index (χ0v) is 12.6. The number of nitrogens with zero attached hydrogens (tertiary/aromatic N) is 2. The van der Waals surface area contributed by atoms with E-state index < -0.39 is 0 Å². The highest BCUT2D eigenvalue weighted by Gasteiger charge is 2.33. The van der Waals surface area contributed by atoms with E-state index in [4.69, 9.17) is 0 Å². The molecule has 3 aliphatic rings. The second-order valence-corrected chi connectivity index (χ2v) is 6.44. The number of amides is 2. The van der Waals surface area contributed by atoms with E-state index in [9.17, 15) is 9.59 Å². The number of hydrogen-bond acceptors (Lipinski definition) is 4. The van der Waals surface area contributed by atoms with Crippen molar-refractivity contribution >= 4 is 11.8 Å². The van der Waals surface area contributed by atoms with E-state index in [1.165, 1.54) is 0 Å². The van der Waals surface area contributed by atoms with Gasteiger partial charge in [-0.05, 0) is 18.8 Å². The molecule has 3 aliphatic heterocycles. The van der Waals surface area contributed by atoms with Gasteiger partial charge in [0.2, 0.25) is 11.8 Å². The van der Waals surface area contributed by atoms with Crippen LogP contribution in [0, 0.1) is 5.92 Å². The van der Waals surface area contributed by atoms with Crippen molar-refractivity contribution in [2.75, 3.05) is 45.8 Å². The Bertz CT molecular complexity index is 395. The van der Waals surface area contributed by atoms with Gasteiger partial charge in [0.25, 0.3) is 0 Å². The van der Waals surface area contributed by atoms with E-state index in [1.807, 2.05) is 4.90 Å². The van der Waals surface area contributed by atoms with E-state index in [2.05, 4.69) is 15.5 Å². The predicted molar refractivity (Wildman–Crippen MR) is 79.8 cm³/mol. The first-order valence-electron chi connectivity index (χ1n) is 8.22. The van der Waals surface area contributed by atoms with Crippen LogP contribution in [-0.4, -0.2) is 73.5 Å². The van der Waals surface area contributed by atoms with Crippen molar-refractivity contribution in [2.45, 2.75) is 31.7 Å². The first kappa shape index (κ1) is 14.8. The van der Waals surface area contributed by atoms with Crippen LogP contribution in [0.4, 0.5) is 0 Å². The highest BCUT2D eigenvalue weighted by molar-refractivity contribution is 5.77. The van der Waals surface area contributed by atoms with Crippen LogP contribution in [0.2, 0.25) is 0 Å². The quantitative estimate of drug-likeness (QED) is 0.730. The van der Waals surface area contributed by atoms with Crippen LogP contribution >= 0.6 is 0 Å². The monoisotopic (exact) mass is 294 g/mol. The molecule has 21 heavy (non-hydrogen) atoms. The Morgan fingerprint density at radius 3 is 2.81 bits per heavy atom. The van der Waals surface area contributed by atoms with Crippen molar-refractivity contribution < 1.29 is 9.59 Å². The summed E-state index contributed by atoms with van der Waals surface area (Å²) in [6.07, 6.45) is 3.31. The molecule has 3 heterocycles. The topological polar surface area (TPSA) is 64.7 Å². The van der Waals surface area contributed by atoms with Crippen LogP contribution in [0.25, 0.3) is 0 Å². The summed E-state index contributed by atoms with van der Waals surface area (Å²) in [5.74, 6) is 1.07. The average molecular weight is 294 g/mol. The van der Waals surface area contributed by atoms with Crippen LogP contribution in [0.5, 0.6) is 0 Å². The molecule has 0 spiro atoms. The van der Waals surface area contributed by atoms with E-state index in [1.54, 1.807) is 0 Å². The third kappa shape index (κ3) is 3.74. The Hall–Kier alpha value is -1.14. The molecule has 6 nitrogen and oxygen atoms in total. The minimum Gasteiger partial charge on any atom is -0.353 e. The van der Waals surface area contributed by atoms with Gasteiger partial charge in [-0.3, -0.25) is 9.59 Å². The maximum atomic E-state index is 12.2. The predicted octanol–water partition coefficient (Wildman–Crippen LogP) is -0.591. The van der Waals surface area contributed by atoms with Gasteiger partial charge < -0.3 is 20.4 Å². The summed E-state index contributed by atoms with van der Waals surface area (Å²) >= 11 is 0. The molecule has 2 unspecified atom stereocenters. The molecule has 0 bridgehead atoms. The van der Waals surface area contributed by atoms with Gasteiger partial charge in [0, 0.05) is 64.7 Å². The van der Waals surface area contributed by atoms with Gasteiger partial charge in [-0.15, -0.1) is 0 Å². The minimum atomic E-state index is 0.207. The van der Waals surface area contributed by atoms with Gasteiger partial charge in [0.05, 0.1) is 0 Å². The first-order valence-corrected chi connectivity index (χ1v) is 8.22. The van der Waals surface area contributed by atoms with E-state index in [0.717, 1.165) is 58.7 Å². The number of rotatable bonds is 3. The van der Waals surface area contributed by atoms with Gasteiger partial charge in [-0.1, -0.05) is 0 Å². The SMILES string of the molecule is O=C1CCC2CN(CCC(=O)N3CCNCC3)CCC2N1. The lowest BCUT2D eigenvalue weighted by Gasteiger charge is -2.41. The van der Waals surface area contributed by atoms with E-state index in [-0.39, 0.29) is 11.8 Å². The van der Waals surface area contributed by atoms with Gasteiger partial charge in [0.15, 0.2) is 0 Å². The Labute approximate surface area is 126 Å². The molecule has 3 fully saturated rings. The Balaban J connectivity index is 1.42. The largest absolute Gasteiger partial charge is 0.353 e. The molecule has 0 aromatic rings. The molecule has 118 valence electrons. The van der Waals surface area contributed by atoms with Crippen molar-refractivity contribution in [2.24, 2.45) is 5.92 Å². The zero-order valence-electron chi connectivity index (χ0n) is 12.6. The lowest BCUT2D eigenvalue weighted by Crippen LogP contribution is -2.54. The van der Waals surface area contributed by atoms with Crippen LogP contribution < -0.4 is 10.6 Å². The summed E-state index contributed by atoms with van der Waals surface area (Å²) in [6.45, 7) is 6.40. The van der Waals surface area contributed by atoms with Crippen molar-refractivity contribution in [3.63, 3.8) is 0 Å². The van der Waals surface area contributed by atoms with Crippen molar-refractivity contribution in [1.29, 1.82) is 0 Å². The molecule has 2 atom stereocenters. The first-order chi connectivity index (χ1) is 10.2. The Kier molecular flexibility index (Phi) is 4.75. The molecule has 3 saturated heterocycles. The number of carbonyl (C=O) groups excluding carboxylic acids is 2. The number of nitrogens with one attached hydrogen (secondary N) is 2. The van der Waals surface area contributed by atoms with Crippen LogP contribution in [0.3, 0.4) is 0 Å². The normalized spacial score (nSPS) is 30.7. The Morgan fingerprint density at radius 2 is 2.00 bits per heavy atom. The van der Waals surface area contributed by atoms with E-state index >= 15 is 0 Å². The number of fused-ring (bicyclic) bond motifs is 1. The summed E-state index contributed by atoms with van der Waals surface area (Å²) in [6, 6.07) is 0.367. The molecular formula is C15H26N4O2. The fourth-order valence-electron chi connectivity index (χ4n) is 3.71. The third-order valence-electron chi connectivity index (χ3n) is 5.02. The molecule has 0 saturated carbocycles. The van der Waals surface area contributed by atoms with Crippen molar-refractivity contribution in [3.05, 3.63) is 0 Å². The molecule has 0 aromatic carbocycles. The standard InChI is InChI=1S/C15H26N4O2/c20-14-2-1-12-11-18(7-3-13(12)17-14)8-4-15(21)19-9-5-16-6-10-19/h12-13,16H,1-11H2,(H,17,20). The fraction of sp³-hybridized carbons (Fsp3) is 0.867. The fourth-order valence-corrected chi connectivity index (χ4v) is 3.71. The second kappa shape index (κ2) is 6.75. The highest BCUT2D eigenvalue weighted by atomic mass is 16.2. The van der Waals surface area contributed by atoms with Gasteiger partial charge in [-0.2, -0.15) is 0 Å². The minimum absolute atomic E-state index is 0.207. The second-order valence-electron chi connectivity index (χ2n) is 6.44. The van der Waals surface area contributed by atoms with Crippen molar-refractivity contribution in [1.82, 2.24) is 20.4 Å². The number of hydrogen-bond donors (Lipinski definition) is 2. The lowest BCUT2D eigenvalue weighted by molar-refractivity contribution is -0.132. The molecule has 0 radical (unpaired) electrons. The van der Waals surface area contributed by atoms with Crippen LogP contribution in [0.15, 0.2) is 0 Å². The zero-order chi connectivity index (χ0) is 14.7. The number of likely N-dealkylation sites (tertiary alicyclic amines) is 1. The van der Waals surface area contributed by atoms with Crippen LogP contribution in [0.1, 0.15) is 25.7 Å². The summed E-state index contributed by atoms with van der Waals surface area (Å²) in [4.78, 5) is 28.0. The smallest absolute Gasteiger partial charge is 0.223 e. The molecule has 3 rings (SSSR count). The summed E-state index contributed by atoms with van der Waals surface area (Å²) in [5.41, 5.74) is 0. The summed E-state index contributed by atoms with van der Waals surface area (Å²) < 4.78 is 0. The maximum absolute atomic E-state index is 12.2. The Morgan fingerprint density at radius 1 is 1.19 bits per heavy atom. The molecular weight excluding hydrogens is 268 g/mol. The summed E-state index contributed by atoms with van der Waals surface area (Å²) in [5, 5.41) is 6.38. The average Bonchev–Trinajstić information content (AvgIpc) is 2.53. The number of carbonyl (C=O) groups is 2. The molecule has 0 aromatic heterocycles. The number of piperazine rings is 1. The van der Waals surface area contributed by atoms with E-state index in [0.29, 0.717) is 24.8 Å². The summed E-state index contributed by atoms with van der Waals surface area (Å²) in [7, 11) is 0. The van der Waals surface area contributed by atoms with Gasteiger partial charge >= 0.3 is 0 Å². The highest BCUT2D eigenvalue weighted by Crippen LogP contribution is 2.25. The maximum Gasteiger partial charge on any atom is 0.223 e.